The quantitative estimate of drug-likeness (QED) is 0.397. The summed E-state index contributed by atoms with van der Waals surface area (Å²) in [4.78, 5) is 22.7. The minimum atomic E-state index is -4.84. The molecule has 180 valence electrons. The van der Waals surface area contributed by atoms with Crippen LogP contribution in [0.5, 0.6) is 0 Å². The molecule has 2 atom stereocenters. The lowest BCUT2D eigenvalue weighted by Crippen LogP contribution is -2.42. The molecule has 2 aliphatic rings. The molecule has 4 rings (SSSR count). The first-order valence-electron chi connectivity index (χ1n) is 9.68. The predicted molar refractivity (Wildman–Crippen MR) is 126 cm³/mol. The van der Waals surface area contributed by atoms with E-state index in [4.69, 9.17) is 44.5 Å². The van der Waals surface area contributed by atoms with Gasteiger partial charge in [0.25, 0.3) is 11.5 Å². The summed E-state index contributed by atoms with van der Waals surface area (Å²) in [5, 5.41) is 9.77. The van der Waals surface area contributed by atoms with Crippen LogP contribution in [0.1, 0.15) is 39.9 Å². The van der Waals surface area contributed by atoms with Gasteiger partial charge in [-0.3, -0.25) is 4.79 Å². The van der Waals surface area contributed by atoms with Crippen LogP contribution in [-0.2, 0) is 15.3 Å². The van der Waals surface area contributed by atoms with Gasteiger partial charge in [-0.2, -0.15) is 13.2 Å². The van der Waals surface area contributed by atoms with E-state index in [-0.39, 0.29) is 26.3 Å². The average Bonchev–Trinajstić information content (AvgIpc) is 3.38. The molecule has 0 radical (unpaired) electrons. The van der Waals surface area contributed by atoms with Gasteiger partial charge in [0.05, 0.1) is 27.2 Å². The summed E-state index contributed by atoms with van der Waals surface area (Å²) in [5.41, 5.74) is -1.85. The van der Waals surface area contributed by atoms with E-state index in [2.05, 4.69) is 31.6 Å². The number of carbonyl (C=O) groups excluding carboxylic acids is 1. The smallest absolute Gasteiger partial charge is 0.374 e. The number of nitrogens with zero attached hydrogens (tertiary/aromatic N) is 2. The van der Waals surface area contributed by atoms with Crippen LogP contribution in [0.2, 0.25) is 15.1 Å². The molecule has 0 bridgehead atoms. The lowest BCUT2D eigenvalue weighted by molar-refractivity contribution is -0.275. The zero-order valence-electron chi connectivity index (χ0n) is 17.1. The Hall–Kier alpha value is -2.01. The monoisotopic (exact) mass is 597 g/mol. The Morgan fingerprint density at radius 3 is 2.41 bits per heavy atom. The largest absolute Gasteiger partial charge is 0.435 e. The number of amides is 1. The van der Waals surface area contributed by atoms with Crippen molar-refractivity contribution in [2.24, 2.45) is 10.3 Å². The number of hydrogen-bond donors (Lipinski definition) is 1. The molecule has 0 aromatic heterocycles. The molecule has 2 aromatic carbocycles. The lowest BCUT2D eigenvalue weighted by atomic mass is 9.86. The number of rotatable bonds is 4. The van der Waals surface area contributed by atoms with E-state index in [1.807, 2.05) is 0 Å². The average molecular weight is 600 g/mol. The SMILES string of the molecule is Cc1cc(C2=NOC(c3cc(Cl)c(Cl)c(Cl)c3)(C(F)(F)F)C2)ccc1C(=O)NC1CC(Br)=NO1. The topological polar surface area (TPSA) is 72.3 Å². The third-order valence-corrected chi connectivity index (χ3v) is 7.03. The molecule has 1 N–H and O–H groups in total. The van der Waals surface area contributed by atoms with Gasteiger partial charge in [0, 0.05) is 17.5 Å². The molecule has 13 heteroatoms. The summed E-state index contributed by atoms with van der Waals surface area (Å²) < 4.78 is 43.3. The molecule has 2 heterocycles. The highest BCUT2D eigenvalue weighted by Gasteiger charge is 2.62. The Labute approximate surface area is 215 Å². The lowest BCUT2D eigenvalue weighted by Gasteiger charge is -2.30. The Morgan fingerprint density at radius 2 is 1.85 bits per heavy atom. The second-order valence-electron chi connectivity index (χ2n) is 7.65. The molecular weight excluding hydrogens is 586 g/mol. The Morgan fingerprint density at radius 1 is 1.18 bits per heavy atom. The van der Waals surface area contributed by atoms with Gasteiger partial charge in [0.1, 0.15) is 4.62 Å². The number of benzene rings is 2. The van der Waals surface area contributed by atoms with E-state index in [1.165, 1.54) is 12.1 Å². The molecule has 0 aliphatic carbocycles. The maximum absolute atomic E-state index is 14.2. The van der Waals surface area contributed by atoms with E-state index >= 15 is 0 Å². The fourth-order valence-electron chi connectivity index (χ4n) is 3.59. The second-order valence-corrected chi connectivity index (χ2v) is 9.76. The molecule has 6 nitrogen and oxygen atoms in total. The van der Waals surface area contributed by atoms with E-state index in [0.717, 1.165) is 12.1 Å². The summed E-state index contributed by atoms with van der Waals surface area (Å²) in [5.74, 6) is -0.411. The second kappa shape index (κ2) is 9.22. The van der Waals surface area contributed by atoms with Gasteiger partial charge in [-0.25, -0.2) is 0 Å². The molecule has 2 aromatic rings. The number of carbonyl (C=O) groups is 1. The van der Waals surface area contributed by atoms with E-state index in [0.29, 0.717) is 27.7 Å². The first-order chi connectivity index (χ1) is 15.9. The zero-order valence-corrected chi connectivity index (χ0v) is 21.0. The van der Waals surface area contributed by atoms with Crippen LogP contribution < -0.4 is 5.32 Å². The van der Waals surface area contributed by atoms with Crippen LogP contribution >= 0.6 is 50.7 Å². The number of aryl methyl sites for hydroxylation is 1. The van der Waals surface area contributed by atoms with Crippen LogP contribution in [0.4, 0.5) is 13.2 Å². The van der Waals surface area contributed by atoms with Crippen LogP contribution in [0.25, 0.3) is 0 Å². The predicted octanol–water partition coefficient (Wildman–Crippen LogP) is 6.72. The van der Waals surface area contributed by atoms with E-state index in [1.54, 1.807) is 13.0 Å². The molecule has 2 aliphatic heterocycles. The van der Waals surface area contributed by atoms with Crippen LogP contribution in [0.3, 0.4) is 0 Å². The van der Waals surface area contributed by atoms with Crippen molar-refractivity contribution in [1.82, 2.24) is 5.32 Å². The third-order valence-electron chi connectivity index (χ3n) is 5.37. The van der Waals surface area contributed by atoms with Crippen molar-refractivity contribution in [2.45, 2.75) is 37.8 Å². The molecule has 0 fully saturated rings. The summed E-state index contributed by atoms with van der Waals surface area (Å²) in [6.45, 7) is 1.66. The number of hydrogen-bond acceptors (Lipinski definition) is 5. The highest BCUT2D eigenvalue weighted by molar-refractivity contribution is 9.18. The van der Waals surface area contributed by atoms with Gasteiger partial charge in [0.15, 0.2) is 0 Å². The van der Waals surface area contributed by atoms with Crippen LogP contribution in [0.15, 0.2) is 40.6 Å². The van der Waals surface area contributed by atoms with Gasteiger partial charge in [-0.05, 0) is 58.2 Å². The summed E-state index contributed by atoms with van der Waals surface area (Å²) in [6.07, 6.45) is -5.70. The van der Waals surface area contributed by atoms with Crippen LogP contribution in [0, 0.1) is 6.92 Å². The number of halogens is 7. The van der Waals surface area contributed by atoms with Gasteiger partial charge in [0.2, 0.25) is 6.23 Å². The minimum Gasteiger partial charge on any atom is -0.374 e. The number of alkyl halides is 3. The number of oxime groups is 2. The Kier molecular flexibility index (Phi) is 6.80. The molecule has 0 spiro atoms. The van der Waals surface area contributed by atoms with Gasteiger partial charge in [-0.15, -0.1) is 0 Å². The maximum atomic E-state index is 14.2. The van der Waals surface area contributed by atoms with Crippen molar-refractivity contribution in [3.05, 3.63) is 67.7 Å². The third kappa shape index (κ3) is 4.60. The van der Waals surface area contributed by atoms with Crippen molar-refractivity contribution in [3.63, 3.8) is 0 Å². The molecule has 0 saturated carbocycles. The van der Waals surface area contributed by atoms with Crippen molar-refractivity contribution in [1.29, 1.82) is 0 Å². The molecule has 34 heavy (non-hydrogen) atoms. The first kappa shape index (κ1) is 25.1. The van der Waals surface area contributed by atoms with Crippen molar-refractivity contribution >= 4 is 67.0 Å². The Bertz CT molecular complexity index is 1220. The number of nitrogens with one attached hydrogen (secondary N) is 1. The standard InChI is InChI=1S/C21H14BrCl3F3N3O3/c1-9-4-10(2-3-12(9)19(32)29-17-7-16(22)31-33-17)15-8-20(34-30-15,21(26,27)28)11-5-13(23)18(25)14(24)6-11/h2-6,17H,7-8H2,1H3,(H,29,32). The highest BCUT2D eigenvalue weighted by atomic mass is 79.9. The first-order valence-corrected chi connectivity index (χ1v) is 11.6. The fraction of sp³-hybridized carbons (Fsp3) is 0.286. The van der Waals surface area contributed by atoms with Crippen LogP contribution in [-0.4, -0.2) is 28.6 Å². The van der Waals surface area contributed by atoms with Crippen molar-refractivity contribution < 1.29 is 27.6 Å². The molecule has 0 saturated heterocycles. The Balaban J connectivity index is 1.59. The highest BCUT2D eigenvalue weighted by Crippen LogP contribution is 2.50. The molecule has 1 amide bonds. The summed E-state index contributed by atoms with van der Waals surface area (Å²) >= 11 is 21.0. The normalized spacial score (nSPS) is 22.1. The van der Waals surface area contributed by atoms with Crippen molar-refractivity contribution in [3.8, 4) is 0 Å². The van der Waals surface area contributed by atoms with Gasteiger partial charge in [-0.1, -0.05) is 51.2 Å². The minimum absolute atomic E-state index is 0.0473. The molecular formula is C21H14BrCl3F3N3O3. The summed E-state index contributed by atoms with van der Waals surface area (Å²) in [7, 11) is 0. The van der Waals surface area contributed by atoms with E-state index < -0.39 is 30.3 Å². The van der Waals surface area contributed by atoms with Crippen molar-refractivity contribution in [2.75, 3.05) is 0 Å². The molecule has 2 unspecified atom stereocenters. The maximum Gasteiger partial charge on any atom is 0.435 e. The zero-order chi connectivity index (χ0) is 24.8. The van der Waals surface area contributed by atoms with E-state index in [9.17, 15) is 18.0 Å². The van der Waals surface area contributed by atoms with Gasteiger partial charge < -0.3 is 15.0 Å². The summed E-state index contributed by atoms with van der Waals surface area (Å²) in [6, 6.07) is 6.69. The van der Waals surface area contributed by atoms with Gasteiger partial charge >= 0.3 is 6.18 Å². The fourth-order valence-corrected chi connectivity index (χ4v) is 4.57.